The summed E-state index contributed by atoms with van der Waals surface area (Å²) >= 11 is 8.84. The van der Waals surface area contributed by atoms with Crippen LogP contribution in [-0.4, -0.2) is 27.6 Å². The van der Waals surface area contributed by atoms with E-state index in [0.29, 0.717) is 26.0 Å². The van der Waals surface area contributed by atoms with Gasteiger partial charge in [-0.05, 0) is 23.8 Å². The van der Waals surface area contributed by atoms with E-state index >= 15 is 0 Å². The number of nitrogens with one attached hydrogen (secondary N) is 1. The van der Waals surface area contributed by atoms with Crippen LogP contribution in [0.4, 0.5) is 10.8 Å². The minimum absolute atomic E-state index is 0.0486. The largest absolute Gasteiger partial charge is 0.484 e. The zero-order valence-electron chi connectivity index (χ0n) is 14.2. The molecule has 0 fully saturated rings. The number of nitro benzene ring substituents is 1. The topological polar surface area (TPSA) is 107 Å². The molecule has 0 saturated heterocycles. The number of amides is 1. The van der Waals surface area contributed by atoms with Crippen molar-refractivity contribution < 1.29 is 14.5 Å². The fourth-order valence-electron chi connectivity index (χ4n) is 2.04. The molecule has 0 atom stereocenters. The Labute approximate surface area is 173 Å². The van der Waals surface area contributed by atoms with Gasteiger partial charge >= 0.3 is 0 Å². The molecule has 2 aromatic carbocycles. The Balaban J connectivity index is 1.47. The average molecular weight is 437 g/mol. The van der Waals surface area contributed by atoms with Crippen LogP contribution in [0, 0.1) is 10.1 Å². The highest BCUT2D eigenvalue weighted by Gasteiger charge is 2.11. The zero-order chi connectivity index (χ0) is 19.9. The first-order chi connectivity index (χ1) is 13.5. The molecule has 0 spiro atoms. The second-order valence-electron chi connectivity index (χ2n) is 5.34. The van der Waals surface area contributed by atoms with Crippen molar-refractivity contribution in [1.82, 2.24) is 10.2 Å². The van der Waals surface area contributed by atoms with Crippen LogP contribution in [0.25, 0.3) is 0 Å². The van der Waals surface area contributed by atoms with Gasteiger partial charge in [-0.1, -0.05) is 52.9 Å². The Bertz CT molecular complexity index is 981. The highest BCUT2D eigenvalue weighted by molar-refractivity contribution is 8.00. The number of rotatable bonds is 8. The van der Waals surface area contributed by atoms with Gasteiger partial charge < -0.3 is 4.74 Å². The minimum Gasteiger partial charge on any atom is -0.484 e. The van der Waals surface area contributed by atoms with Crippen molar-refractivity contribution in [2.45, 2.75) is 10.1 Å². The van der Waals surface area contributed by atoms with Gasteiger partial charge in [0.15, 0.2) is 10.9 Å². The van der Waals surface area contributed by atoms with E-state index in [0.717, 1.165) is 5.56 Å². The minimum atomic E-state index is -0.507. The summed E-state index contributed by atoms with van der Waals surface area (Å²) in [5, 5.41) is 22.2. The van der Waals surface area contributed by atoms with Crippen LogP contribution >= 0.6 is 34.7 Å². The van der Waals surface area contributed by atoms with Gasteiger partial charge in [-0.2, -0.15) is 0 Å². The number of non-ortho nitro benzene ring substituents is 1. The Morgan fingerprint density at radius 2 is 1.96 bits per heavy atom. The van der Waals surface area contributed by atoms with E-state index in [1.54, 1.807) is 0 Å². The highest BCUT2D eigenvalue weighted by atomic mass is 35.5. The number of ether oxygens (including phenoxy) is 1. The van der Waals surface area contributed by atoms with Crippen LogP contribution in [0.15, 0.2) is 52.9 Å². The van der Waals surface area contributed by atoms with Crippen LogP contribution in [0.3, 0.4) is 0 Å². The molecule has 0 aliphatic heterocycles. The van der Waals surface area contributed by atoms with Gasteiger partial charge in [0.2, 0.25) is 5.13 Å². The van der Waals surface area contributed by atoms with E-state index in [1.807, 2.05) is 24.3 Å². The fraction of sp³-hybridized carbons (Fsp3) is 0.118. The number of nitro groups is 1. The van der Waals surface area contributed by atoms with E-state index < -0.39 is 10.8 Å². The van der Waals surface area contributed by atoms with Crippen molar-refractivity contribution in [1.29, 1.82) is 0 Å². The van der Waals surface area contributed by atoms with Crippen molar-refractivity contribution in [3.8, 4) is 5.75 Å². The molecule has 1 N–H and O–H groups in total. The van der Waals surface area contributed by atoms with Crippen LogP contribution in [-0.2, 0) is 10.5 Å². The standard InChI is InChI=1S/C17H13ClN4O4S2/c18-14-4-2-1-3-11(14)10-27-17-21-20-16(28-17)19-15(23)9-26-13-7-5-12(6-8-13)22(24)25/h1-8H,9-10H2,(H,19,20,23). The van der Waals surface area contributed by atoms with Gasteiger partial charge in [0.25, 0.3) is 11.6 Å². The third-order valence-corrected chi connectivity index (χ3v) is 5.77. The number of hydrogen-bond donors (Lipinski definition) is 1. The lowest BCUT2D eigenvalue weighted by Crippen LogP contribution is -2.20. The number of aromatic nitrogens is 2. The molecular weight excluding hydrogens is 424 g/mol. The number of nitrogens with zero attached hydrogens (tertiary/aromatic N) is 3. The van der Waals surface area contributed by atoms with Crippen LogP contribution < -0.4 is 10.1 Å². The molecule has 1 heterocycles. The monoisotopic (exact) mass is 436 g/mol. The number of benzene rings is 2. The molecule has 1 amide bonds. The van der Waals surface area contributed by atoms with Crippen molar-refractivity contribution >= 4 is 51.4 Å². The number of hydrogen-bond acceptors (Lipinski definition) is 8. The van der Waals surface area contributed by atoms with E-state index in [1.165, 1.54) is 47.4 Å². The molecule has 28 heavy (non-hydrogen) atoms. The fourth-order valence-corrected chi connectivity index (χ4v) is 4.10. The van der Waals surface area contributed by atoms with Crippen LogP contribution in [0.5, 0.6) is 5.75 Å². The Morgan fingerprint density at radius 1 is 1.21 bits per heavy atom. The van der Waals surface area contributed by atoms with Gasteiger partial charge in [0.1, 0.15) is 5.75 Å². The quantitative estimate of drug-likeness (QED) is 0.241. The second kappa shape index (κ2) is 9.49. The lowest BCUT2D eigenvalue weighted by atomic mass is 10.2. The third kappa shape index (κ3) is 5.65. The molecule has 0 aliphatic rings. The van der Waals surface area contributed by atoms with E-state index in [-0.39, 0.29) is 12.3 Å². The molecule has 0 bridgehead atoms. The van der Waals surface area contributed by atoms with Crippen molar-refractivity contribution in [3.05, 3.63) is 69.2 Å². The Hall–Kier alpha value is -2.69. The third-order valence-electron chi connectivity index (χ3n) is 3.38. The summed E-state index contributed by atoms with van der Waals surface area (Å²) in [5.74, 6) is 0.594. The van der Waals surface area contributed by atoms with Crippen LogP contribution in [0.2, 0.25) is 5.02 Å². The lowest BCUT2D eigenvalue weighted by Gasteiger charge is -2.05. The van der Waals surface area contributed by atoms with E-state index in [4.69, 9.17) is 16.3 Å². The molecule has 3 rings (SSSR count). The molecular formula is C17H13ClN4O4S2. The maximum Gasteiger partial charge on any atom is 0.269 e. The predicted octanol–water partition coefficient (Wildman–Crippen LogP) is 4.41. The van der Waals surface area contributed by atoms with Gasteiger partial charge in [-0.15, -0.1) is 10.2 Å². The first-order valence-electron chi connectivity index (χ1n) is 7.88. The number of halogens is 1. The molecule has 3 aromatic rings. The van der Waals surface area contributed by atoms with E-state index in [2.05, 4.69) is 15.5 Å². The summed E-state index contributed by atoms with van der Waals surface area (Å²) in [6.45, 7) is -0.251. The molecule has 0 saturated carbocycles. The van der Waals surface area contributed by atoms with Gasteiger partial charge in [-0.3, -0.25) is 20.2 Å². The Kier molecular flexibility index (Phi) is 6.80. The molecule has 11 heteroatoms. The molecule has 8 nitrogen and oxygen atoms in total. The zero-order valence-corrected chi connectivity index (χ0v) is 16.6. The van der Waals surface area contributed by atoms with Crippen molar-refractivity contribution in [2.24, 2.45) is 0 Å². The highest BCUT2D eigenvalue weighted by Crippen LogP contribution is 2.30. The number of carbonyl (C=O) groups is 1. The summed E-state index contributed by atoms with van der Waals surface area (Å²) in [4.78, 5) is 22.1. The average Bonchev–Trinajstić information content (AvgIpc) is 3.13. The molecule has 0 radical (unpaired) electrons. The first kappa shape index (κ1) is 20.1. The molecule has 144 valence electrons. The molecule has 1 aromatic heterocycles. The van der Waals surface area contributed by atoms with Crippen LogP contribution in [0.1, 0.15) is 5.56 Å². The van der Waals surface area contributed by atoms with Gasteiger partial charge in [0, 0.05) is 22.9 Å². The molecule has 0 unspecified atom stereocenters. The van der Waals surface area contributed by atoms with Crippen molar-refractivity contribution in [2.75, 3.05) is 11.9 Å². The van der Waals surface area contributed by atoms with Gasteiger partial charge in [-0.25, -0.2) is 0 Å². The first-order valence-corrected chi connectivity index (χ1v) is 10.1. The number of thioether (sulfide) groups is 1. The van der Waals surface area contributed by atoms with Crippen molar-refractivity contribution in [3.63, 3.8) is 0 Å². The second-order valence-corrected chi connectivity index (χ2v) is 7.95. The Morgan fingerprint density at radius 3 is 2.68 bits per heavy atom. The molecule has 0 aliphatic carbocycles. The predicted molar refractivity (Wildman–Crippen MR) is 108 cm³/mol. The van der Waals surface area contributed by atoms with Gasteiger partial charge in [0.05, 0.1) is 4.92 Å². The SMILES string of the molecule is O=C(COc1ccc([N+](=O)[O-])cc1)Nc1nnc(SCc2ccccc2Cl)s1. The normalized spacial score (nSPS) is 10.5. The lowest BCUT2D eigenvalue weighted by molar-refractivity contribution is -0.384. The summed E-state index contributed by atoms with van der Waals surface area (Å²) in [6, 6.07) is 13.0. The summed E-state index contributed by atoms with van der Waals surface area (Å²) < 4.78 is 6.00. The number of carbonyl (C=O) groups excluding carboxylic acids is 1. The smallest absolute Gasteiger partial charge is 0.269 e. The summed E-state index contributed by atoms with van der Waals surface area (Å²) in [5.41, 5.74) is 0.943. The summed E-state index contributed by atoms with van der Waals surface area (Å²) in [6.07, 6.45) is 0. The maximum absolute atomic E-state index is 12.0. The number of anilines is 1. The van der Waals surface area contributed by atoms with E-state index in [9.17, 15) is 14.9 Å². The summed E-state index contributed by atoms with van der Waals surface area (Å²) in [7, 11) is 0. The maximum atomic E-state index is 12.0.